The summed E-state index contributed by atoms with van der Waals surface area (Å²) < 4.78 is 31.3. The lowest BCUT2D eigenvalue weighted by atomic mass is 10.3. The van der Waals surface area contributed by atoms with Gasteiger partial charge in [0.25, 0.3) is 0 Å². The van der Waals surface area contributed by atoms with Gasteiger partial charge in [-0.05, 0) is 0 Å². The second-order valence-electron chi connectivity index (χ2n) is 2.60. The van der Waals surface area contributed by atoms with Crippen molar-refractivity contribution in [1.82, 2.24) is 4.98 Å². The Morgan fingerprint density at radius 2 is 2.14 bits per heavy atom. The molecule has 0 fully saturated rings. The first-order valence-electron chi connectivity index (χ1n) is 3.71. The fourth-order valence-corrected chi connectivity index (χ4v) is 1.94. The van der Waals surface area contributed by atoms with Gasteiger partial charge in [-0.1, -0.05) is 11.3 Å². The fourth-order valence-electron chi connectivity index (χ4n) is 1.20. The lowest BCUT2D eigenvalue weighted by Crippen LogP contribution is -1.91. The number of hydrogen-bond acceptors (Lipinski definition) is 4. The van der Waals surface area contributed by atoms with E-state index in [9.17, 15) is 8.78 Å². The molecule has 0 atom stereocenters. The maximum atomic E-state index is 13.2. The number of anilines is 1. The molecule has 0 spiro atoms. The Morgan fingerprint density at radius 3 is 2.79 bits per heavy atom. The zero-order valence-electron chi connectivity index (χ0n) is 7.17. The van der Waals surface area contributed by atoms with Gasteiger partial charge in [0.1, 0.15) is 11.3 Å². The smallest absolute Gasteiger partial charge is 0.181 e. The summed E-state index contributed by atoms with van der Waals surface area (Å²) in [4.78, 5) is 3.80. The third-order valence-electron chi connectivity index (χ3n) is 1.75. The van der Waals surface area contributed by atoms with E-state index in [-0.39, 0.29) is 21.1 Å². The van der Waals surface area contributed by atoms with Crippen molar-refractivity contribution < 1.29 is 13.5 Å². The lowest BCUT2D eigenvalue weighted by molar-refractivity contribution is 0.389. The first-order chi connectivity index (χ1) is 6.63. The molecule has 2 rings (SSSR count). The molecule has 0 saturated carbocycles. The molecule has 1 heterocycles. The molecule has 74 valence electrons. The molecule has 14 heavy (non-hydrogen) atoms. The average molecular weight is 216 g/mol. The quantitative estimate of drug-likeness (QED) is 0.794. The summed E-state index contributed by atoms with van der Waals surface area (Å²) in [6.07, 6.45) is 0. The third-order valence-corrected chi connectivity index (χ3v) is 2.64. The highest BCUT2D eigenvalue weighted by Crippen LogP contribution is 2.34. The van der Waals surface area contributed by atoms with Gasteiger partial charge in [0.15, 0.2) is 16.7 Å². The van der Waals surface area contributed by atoms with E-state index in [4.69, 9.17) is 10.5 Å². The molecule has 0 aliphatic heterocycles. The van der Waals surface area contributed by atoms with Crippen LogP contribution in [0.1, 0.15) is 0 Å². The normalized spacial score (nSPS) is 10.8. The van der Waals surface area contributed by atoms with Crippen LogP contribution in [0.5, 0.6) is 5.75 Å². The monoisotopic (exact) mass is 216 g/mol. The van der Waals surface area contributed by atoms with Gasteiger partial charge >= 0.3 is 0 Å². The van der Waals surface area contributed by atoms with Gasteiger partial charge in [0.05, 0.1) is 11.8 Å². The second kappa shape index (κ2) is 3.06. The van der Waals surface area contributed by atoms with Crippen LogP contribution in [0.2, 0.25) is 0 Å². The molecule has 6 heteroatoms. The summed E-state index contributed by atoms with van der Waals surface area (Å²) >= 11 is 0.962. The van der Waals surface area contributed by atoms with Crippen molar-refractivity contribution in [1.29, 1.82) is 0 Å². The van der Waals surface area contributed by atoms with Crippen molar-refractivity contribution >= 4 is 26.7 Å². The van der Waals surface area contributed by atoms with Crippen molar-refractivity contribution in [3.8, 4) is 5.75 Å². The van der Waals surface area contributed by atoms with E-state index in [1.54, 1.807) is 0 Å². The largest absolute Gasteiger partial charge is 0.491 e. The minimum atomic E-state index is -0.775. The number of nitrogens with two attached hydrogens (primary N) is 1. The Hall–Kier alpha value is -1.43. The third kappa shape index (κ3) is 1.19. The van der Waals surface area contributed by atoms with Crippen LogP contribution in [-0.2, 0) is 0 Å². The van der Waals surface area contributed by atoms with Crippen molar-refractivity contribution in [2.24, 2.45) is 0 Å². The van der Waals surface area contributed by atoms with Gasteiger partial charge in [0.2, 0.25) is 0 Å². The number of halogens is 2. The zero-order valence-corrected chi connectivity index (χ0v) is 7.99. The number of aromatic nitrogens is 1. The second-order valence-corrected chi connectivity index (χ2v) is 3.63. The van der Waals surface area contributed by atoms with Gasteiger partial charge in [-0.2, -0.15) is 0 Å². The summed E-state index contributed by atoms with van der Waals surface area (Å²) in [5, 5.41) is 0.183. The Bertz CT molecular complexity index is 498. The van der Waals surface area contributed by atoms with Gasteiger partial charge in [-0.3, -0.25) is 0 Å². The molecule has 0 unspecified atom stereocenters. The van der Waals surface area contributed by atoms with E-state index in [0.717, 1.165) is 17.4 Å². The highest BCUT2D eigenvalue weighted by atomic mass is 32.1. The fraction of sp³-hybridized carbons (Fsp3) is 0.125. The standard InChI is InChI=1S/C8H6F2N2OS/c1-13-6-3(9)2-4(10)7-5(6)12-8(11)14-7/h2H,1H3,(H2,11,12). The van der Waals surface area contributed by atoms with Crippen LogP contribution in [0.15, 0.2) is 6.07 Å². The Balaban J connectivity index is 2.89. The number of fused-ring (bicyclic) bond motifs is 1. The zero-order chi connectivity index (χ0) is 10.3. The maximum absolute atomic E-state index is 13.2. The number of nitrogen functional groups attached to an aromatic ring is 1. The first kappa shape index (κ1) is 9.14. The topological polar surface area (TPSA) is 48.1 Å². The van der Waals surface area contributed by atoms with Crippen LogP contribution in [0.3, 0.4) is 0 Å². The van der Waals surface area contributed by atoms with Crippen LogP contribution >= 0.6 is 11.3 Å². The van der Waals surface area contributed by atoms with Crippen LogP contribution in [0.4, 0.5) is 13.9 Å². The van der Waals surface area contributed by atoms with E-state index in [1.165, 1.54) is 7.11 Å². The molecule has 2 N–H and O–H groups in total. The van der Waals surface area contributed by atoms with Crippen LogP contribution in [0.25, 0.3) is 10.2 Å². The van der Waals surface area contributed by atoms with Gasteiger partial charge in [-0.15, -0.1) is 0 Å². The number of ether oxygens (including phenoxy) is 1. The van der Waals surface area contributed by atoms with Crippen molar-refractivity contribution in [2.45, 2.75) is 0 Å². The number of nitrogens with zero attached hydrogens (tertiary/aromatic N) is 1. The van der Waals surface area contributed by atoms with E-state index >= 15 is 0 Å². The number of hydrogen-bond donors (Lipinski definition) is 1. The van der Waals surface area contributed by atoms with Gasteiger partial charge < -0.3 is 10.5 Å². The number of thiazole rings is 1. The van der Waals surface area contributed by atoms with Crippen molar-refractivity contribution in [3.05, 3.63) is 17.7 Å². The Labute approximate surface area is 82.1 Å². The molecule has 0 amide bonds. The van der Waals surface area contributed by atoms with Gasteiger partial charge in [0, 0.05) is 6.07 Å². The lowest BCUT2D eigenvalue weighted by Gasteiger charge is -2.01. The highest BCUT2D eigenvalue weighted by Gasteiger charge is 2.16. The van der Waals surface area contributed by atoms with Crippen LogP contribution < -0.4 is 10.5 Å². The number of methoxy groups -OCH3 is 1. The maximum Gasteiger partial charge on any atom is 0.181 e. The Morgan fingerprint density at radius 1 is 1.43 bits per heavy atom. The predicted octanol–water partition coefficient (Wildman–Crippen LogP) is 2.17. The minimum absolute atomic E-state index is 0.0747. The van der Waals surface area contributed by atoms with E-state index in [1.807, 2.05) is 0 Å². The molecule has 0 aliphatic carbocycles. The molecule has 3 nitrogen and oxygen atoms in total. The van der Waals surface area contributed by atoms with E-state index in [2.05, 4.69) is 4.98 Å². The number of benzene rings is 1. The molecular formula is C8H6F2N2OS. The van der Waals surface area contributed by atoms with E-state index < -0.39 is 11.6 Å². The SMILES string of the molecule is COc1c(F)cc(F)c2sc(N)nc12. The summed E-state index contributed by atoms with van der Waals surface area (Å²) in [5.74, 6) is -1.52. The summed E-state index contributed by atoms with van der Waals surface area (Å²) in [6.45, 7) is 0. The van der Waals surface area contributed by atoms with Crippen LogP contribution in [0, 0.1) is 11.6 Å². The predicted molar refractivity (Wildman–Crippen MR) is 50.5 cm³/mol. The summed E-state index contributed by atoms with van der Waals surface area (Å²) in [6, 6.07) is 0.763. The summed E-state index contributed by atoms with van der Waals surface area (Å²) in [5.41, 5.74) is 5.53. The van der Waals surface area contributed by atoms with Gasteiger partial charge in [-0.25, -0.2) is 13.8 Å². The van der Waals surface area contributed by atoms with E-state index in [0.29, 0.717) is 0 Å². The van der Waals surface area contributed by atoms with Crippen LogP contribution in [-0.4, -0.2) is 12.1 Å². The van der Waals surface area contributed by atoms with Crippen molar-refractivity contribution in [2.75, 3.05) is 12.8 Å². The molecule has 0 saturated heterocycles. The van der Waals surface area contributed by atoms with Crippen molar-refractivity contribution in [3.63, 3.8) is 0 Å². The summed E-state index contributed by atoms with van der Waals surface area (Å²) in [7, 11) is 1.30. The molecule has 0 bridgehead atoms. The first-order valence-corrected chi connectivity index (χ1v) is 4.53. The minimum Gasteiger partial charge on any atom is -0.491 e. The number of rotatable bonds is 1. The molecule has 0 aliphatic rings. The Kier molecular flexibility index (Phi) is 1.99. The molecule has 1 aromatic carbocycles. The molecule has 1 aromatic heterocycles. The molecule has 2 aromatic rings. The molecular weight excluding hydrogens is 210 g/mol. The molecule has 0 radical (unpaired) electrons. The highest BCUT2D eigenvalue weighted by molar-refractivity contribution is 7.22. The average Bonchev–Trinajstić information content (AvgIpc) is 2.48.